The van der Waals surface area contributed by atoms with E-state index >= 15 is 0 Å². The van der Waals surface area contributed by atoms with Crippen LogP contribution in [0, 0.1) is 5.95 Å². The topological polar surface area (TPSA) is 38.9 Å². The molecule has 1 aromatic rings. The minimum absolute atomic E-state index is 0.215. The molecule has 66 valence electrons. The van der Waals surface area contributed by atoms with Crippen LogP contribution in [0.5, 0.6) is 0 Å². The number of hydrogen-bond acceptors (Lipinski definition) is 2. The lowest BCUT2D eigenvalue weighted by molar-refractivity contribution is 0.149. The van der Waals surface area contributed by atoms with Gasteiger partial charge in [0.15, 0.2) is 0 Å². The van der Waals surface area contributed by atoms with Crippen LogP contribution in [0.15, 0.2) is 12.3 Å². The molecule has 0 aliphatic heterocycles. The number of nitrogens with zero attached hydrogens (tertiary/aromatic N) is 1. The summed E-state index contributed by atoms with van der Waals surface area (Å²) in [5.41, 5.74) is 4.48. The van der Waals surface area contributed by atoms with Crippen molar-refractivity contribution in [1.29, 1.82) is 0 Å². The van der Waals surface area contributed by atoms with Crippen molar-refractivity contribution in [2.24, 2.45) is 5.73 Å². The highest BCUT2D eigenvalue weighted by molar-refractivity contribution is 5.25. The lowest BCUT2D eigenvalue weighted by atomic mass is 10.1. The van der Waals surface area contributed by atoms with Gasteiger partial charge in [0.2, 0.25) is 5.95 Å². The van der Waals surface area contributed by atoms with Crippen LogP contribution in [0.2, 0.25) is 0 Å². The van der Waals surface area contributed by atoms with Crippen LogP contribution in [0.25, 0.3) is 0 Å². The highest BCUT2D eigenvalue weighted by atomic mass is 19.3. The molecule has 12 heavy (non-hydrogen) atoms. The second-order valence-corrected chi connectivity index (χ2v) is 2.17. The van der Waals surface area contributed by atoms with Crippen molar-refractivity contribution in [3.05, 3.63) is 29.3 Å². The van der Waals surface area contributed by atoms with Gasteiger partial charge in [-0.25, -0.2) is 13.8 Å². The predicted octanol–water partition coefficient (Wildman–Crippen LogP) is 1.62. The average molecular weight is 176 g/mol. The molecule has 0 radical (unpaired) electrons. The Labute approximate surface area is 67.2 Å². The van der Waals surface area contributed by atoms with E-state index in [9.17, 15) is 13.2 Å². The third-order valence-electron chi connectivity index (χ3n) is 1.48. The van der Waals surface area contributed by atoms with E-state index in [1.54, 1.807) is 0 Å². The Morgan fingerprint density at radius 1 is 1.50 bits per heavy atom. The molecule has 2 nitrogen and oxygen atoms in total. The smallest absolute Gasteiger partial charge is 0.264 e. The molecule has 0 saturated carbocycles. The Kier molecular flexibility index (Phi) is 2.65. The van der Waals surface area contributed by atoms with Gasteiger partial charge in [0.1, 0.15) is 0 Å². The molecule has 0 saturated heterocycles. The first-order chi connectivity index (χ1) is 5.66. The van der Waals surface area contributed by atoms with Gasteiger partial charge in [0.25, 0.3) is 6.43 Å². The summed E-state index contributed by atoms with van der Waals surface area (Å²) in [6, 6.07) is 1.07. The van der Waals surface area contributed by atoms with Gasteiger partial charge in [0.05, 0.1) is 0 Å². The molecule has 2 N–H and O–H groups in total. The normalized spacial score (nSPS) is 10.8. The van der Waals surface area contributed by atoms with Crippen LogP contribution in [-0.2, 0) is 6.54 Å². The molecule has 0 amide bonds. The van der Waals surface area contributed by atoms with E-state index in [0.717, 1.165) is 12.3 Å². The molecule has 1 heterocycles. The fourth-order valence-corrected chi connectivity index (χ4v) is 0.887. The molecule has 5 heteroatoms. The molecule has 1 rings (SSSR count). The number of alkyl halides is 2. The molecule has 0 atom stereocenters. The Morgan fingerprint density at radius 3 is 2.58 bits per heavy atom. The molecular weight excluding hydrogens is 169 g/mol. The van der Waals surface area contributed by atoms with Crippen molar-refractivity contribution in [2.45, 2.75) is 13.0 Å². The molecule has 0 aromatic carbocycles. The quantitative estimate of drug-likeness (QED) is 0.695. The van der Waals surface area contributed by atoms with Crippen molar-refractivity contribution in [2.75, 3.05) is 0 Å². The minimum Gasteiger partial charge on any atom is -0.326 e. The fourth-order valence-electron chi connectivity index (χ4n) is 0.887. The highest BCUT2D eigenvalue weighted by Crippen LogP contribution is 2.22. The maximum Gasteiger partial charge on any atom is 0.264 e. The van der Waals surface area contributed by atoms with Crippen molar-refractivity contribution in [3.8, 4) is 0 Å². The molecule has 0 unspecified atom stereocenters. The number of hydrogen-bond donors (Lipinski definition) is 1. The van der Waals surface area contributed by atoms with Crippen LogP contribution in [0.1, 0.15) is 17.6 Å². The van der Waals surface area contributed by atoms with Gasteiger partial charge in [-0.15, -0.1) is 0 Å². The fraction of sp³-hybridized carbons (Fsp3) is 0.286. The summed E-state index contributed by atoms with van der Waals surface area (Å²) in [5, 5.41) is 0. The van der Waals surface area contributed by atoms with Crippen LogP contribution in [0.4, 0.5) is 13.2 Å². The second-order valence-electron chi connectivity index (χ2n) is 2.17. The zero-order valence-electron chi connectivity index (χ0n) is 6.10. The third-order valence-corrected chi connectivity index (χ3v) is 1.48. The molecule has 1 aromatic heterocycles. The first-order valence-corrected chi connectivity index (χ1v) is 3.28. The van der Waals surface area contributed by atoms with E-state index in [4.69, 9.17) is 5.73 Å². The van der Waals surface area contributed by atoms with Gasteiger partial charge in [0, 0.05) is 23.9 Å². The van der Waals surface area contributed by atoms with Gasteiger partial charge in [-0.1, -0.05) is 0 Å². The van der Waals surface area contributed by atoms with Gasteiger partial charge >= 0.3 is 0 Å². The number of rotatable bonds is 2. The average Bonchev–Trinajstić information content (AvgIpc) is 2.03. The monoisotopic (exact) mass is 176 g/mol. The summed E-state index contributed by atoms with van der Waals surface area (Å²) in [5.74, 6) is -0.921. The maximum absolute atomic E-state index is 12.7. The number of nitrogens with two attached hydrogens (primary N) is 1. The third kappa shape index (κ3) is 1.55. The Bertz CT molecular complexity index is 275. The van der Waals surface area contributed by atoms with Crippen LogP contribution < -0.4 is 5.73 Å². The Morgan fingerprint density at radius 2 is 2.17 bits per heavy atom. The Balaban J connectivity index is 3.18. The zero-order valence-corrected chi connectivity index (χ0v) is 6.10. The standard InChI is InChI=1S/C7H7F3N2/c8-6(9)4-1-2-12-7(10)5(4)3-11/h1-2,6H,3,11H2. The van der Waals surface area contributed by atoms with Crippen LogP contribution >= 0.6 is 0 Å². The van der Waals surface area contributed by atoms with E-state index in [1.807, 2.05) is 0 Å². The predicted molar refractivity (Wildman–Crippen MR) is 37.0 cm³/mol. The van der Waals surface area contributed by atoms with E-state index < -0.39 is 12.4 Å². The molecule has 0 fully saturated rings. The largest absolute Gasteiger partial charge is 0.326 e. The molecule has 0 spiro atoms. The SMILES string of the molecule is NCc1c(C(F)F)ccnc1F. The van der Waals surface area contributed by atoms with Gasteiger partial charge in [-0.05, 0) is 6.07 Å². The van der Waals surface area contributed by atoms with Crippen molar-refractivity contribution in [1.82, 2.24) is 4.98 Å². The molecular formula is C7H7F3N2. The lowest BCUT2D eigenvalue weighted by Gasteiger charge is -2.05. The lowest BCUT2D eigenvalue weighted by Crippen LogP contribution is -2.06. The molecule has 0 aliphatic rings. The van der Waals surface area contributed by atoms with Crippen molar-refractivity contribution >= 4 is 0 Å². The van der Waals surface area contributed by atoms with Gasteiger partial charge in [-0.3, -0.25) is 0 Å². The first kappa shape index (κ1) is 8.99. The van der Waals surface area contributed by atoms with Crippen LogP contribution in [0.3, 0.4) is 0 Å². The summed E-state index contributed by atoms with van der Waals surface area (Å²) in [6.07, 6.45) is -1.71. The van der Waals surface area contributed by atoms with Crippen molar-refractivity contribution < 1.29 is 13.2 Å². The summed E-state index contributed by atoms with van der Waals surface area (Å²) >= 11 is 0. The van der Waals surface area contributed by atoms with E-state index in [-0.39, 0.29) is 17.7 Å². The summed E-state index contributed by atoms with van der Waals surface area (Å²) in [4.78, 5) is 3.21. The summed E-state index contributed by atoms with van der Waals surface area (Å²) in [7, 11) is 0. The van der Waals surface area contributed by atoms with E-state index in [1.165, 1.54) is 0 Å². The van der Waals surface area contributed by atoms with Crippen LogP contribution in [-0.4, -0.2) is 4.98 Å². The van der Waals surface area contributed by atoms with E-state index in [2.05, 4.69) is 4.98 Å². The second kappa shape index (κ2) is 3.53. The van der Waals surface area contributed by atoms with Crippen molar-refractivity contribution in [3.63, 3.8) is 0 Å². The summed E-state index contributed by atoms with van der Waals surface area (Å²) < 4.78 is 37.0. The minimum atomic E-state index is -2.71. The number of aromatic nitrogens is 1. The first-order valence-electron chi connectivity index (χ1n) is 3.28. The zero-order chi connectivity index (χ0) is 9.14. The molecule has 0 bridgehead atoms. The number of pyridine rings is 1. The van der Waals surface area contributed by atoms with Gasteiger partial charge < -0.3 is 5.73 Å². The van der Waals surface area contributed by atoms with E-state index in [0.29, 0.717) is 0 Å². The summed E-state index contributed by atoms with van der Waals surface area (Å²) in [6.45, 7) is -0.265. The highest BCUT2D eigenvalue weighted by Gasteiger charge is 2.15. The van der Waals surface area contributed by atoms with Gasteiger partial charge in [-0.2, -0.15) is 4.39 Å². The Hall–Kier alpha value is -1.10. The maximum atomic E-state index is 12.7. The number of halogens is 3. The molecule has 0 aliphatic carbocycles.